The first-order valence-electron chi connectivity index (χ1n) is 13.6. The molecule has 0 unspecified atom stereocenters. The van der Waals surface area contributed by atoms with Crippen LogP contribution in [0.1, 0.15) is 22.8 Å². The van der Waals surface area contributed by atoms with E-state index in [2.05, 4.69) is 40.1 Å². The van der Waals surface area contributed by atoms with Crippen molar-refractivity contribution in [3.8, 4) is 17.0 Å². The van der Waals surface area contributed by atoms with Crippen molar-refractivity contribution >= 4 is 29.2 Å². The van der Waals surface area contributed by atoms with Gasteiger partial charge in [0.15, 0.2) is 5.16 Å². The molecule has 0 aliphatic carbocycles. The molecule has 1 amide bonds. The number of rotatable bonds is 9. The van der Waals surface area contributed by atoms with Crippen LogP contribution in [0.5, 0.6) is 5.75 Å². The van der Waals surface area contributed by atoms with Crippen molar-refractivity contribution in [3.05, 3.63) is 96.1 Å². The zero-order chi connectivity index (χ0) is 27.9. The Hall–Kier alpha value is -4.04. The van der Waals surface area contributed by atoms with Crippen molar-refractivity contribution in [2.75, 3.05) is 56.7 Å². The van der Waals surface area contributed by atoms with Crippen LogP contribution in [0, 0.1) is 0 Å². The van der Waals surface area contributed by atoms with Gasteiger partial charge in [-0.2, -0.15) is 0 Å². The Morgan fingerprint density at radius 2 is 1.57 bits per heavy atom. The average molecular weight is 554 g/mol. The number of benzene rings is 3. The van der Waals surface area contributed by atoms with Gasteiger partial charge in [0.05, 0.1) is 12.8 Å². The van der Waals surface area contributed by atoms with Gasteiger partial charge in [-0.3, -0.25) is 4.79 Å². The minimum Gasteiger partial charge on any atom is -0.497 e. The molecule has 0 atom stereocenters. The molecule has 40 heavy (non-hydrogen) atoms. The molecule has 8 heteroatoms. The molecule has 0 bridgehead atoms. The zero-order valence-corrected chi connectivity index (χ0v) is 24.1. The molecule has 0 N–H and O–H groups in total. The summed E-state index contributed by atoms with van der Waals surface area (Å²) in [6.07, 6.45) is 0. The molecule has 1 saturated heterocycles. The van der Waals surface area contributed by atoms with Gasteiger partial charge in [-0.1, -0.05) is 54.2 Å². The molecule has 4 aromatic rings. The van der Waals surface area contributed by atoms with Crippen LogP contribution in [0.4, 0.5) is 11.5 Å². The first kappa shape index (κ1) is 27.5. The predicted octanol–water partition coefficient (Wildman–Crippen LogP) is 5.86. The molecule has 7 nitrogen and oxygen atoms in total. The van der Waals surface area contributed by atoms with E-state index in [4.69, 9.17) is 14.7 Å². The molecule has 0 saturated carbocycles. The van der Waals surface area contributed by atoms with Gasteiger partial charge in [0.25, 0.3) is 5.91 Å². The second-order valence-electron chi connectivity index (χ2n) is 9.74. The number of methoxy groups -OCH3 is 1. The van der Waals surface area contributed by atoms with Crippen molar-refractivity contribution < 1.29 is 9.53 Å². The highest BCUT2D eigenvalue weighted by Crippen LogP contribution is 2.29. The molecule has 206 valence electrons. The summed E-state index contributed by atoms with van der Waals surface area (Å²) in [4.78, 5) is 28.8. The second kappa shape index (κ2) is 12.9. The molecular formula is C32H35N5O2S. The van der Waals surface area contributed by atoms with Gasteiger partial charge in [-0.25, -0.2) is 9.97 Å². The van der Waals surface area contributed by atoms with Crippen molar-refractivity contribution in [1.82, 2.24) is 14.9 Å². The second-order valence-corrected chi connectivity index (χ2v) is 10.7. The third-order valence-corrected chi connectivity index (χ3v) is 8.11. The average Bonchev–Trinajstić information content (AvgIpc) is 3.03. The van der Waals surface area contributed by atoms with E-state index < -0.39 is 0 Å². The Morgan fingerprint density at radius 3 is 2.23 bits per heavy atom. The normalized spacial score (nSPS) is 13.3. The number of aromatic nitrogens is 2. The van der Waals surface area contributed by atoms with E-state index >= 15 is 0 Å². The number of hydrogen-bond donors (Lipinski definition) is 0. The predicted molar refractivity (Wildman–Crippen MR) is 164 cm³/mol. The molecule has 5 rings (SSSR count). The maximum Gasteiger partial charge on any atom is 0.253 e. The molecule has 3 aromatic carbocycles. The van der Waals surface area contributed by atoms with E-state index in [1.54, 1.807) is 23.8 Å². The van der Waals surface area contributed by atoms with Gasteiger partial charge in [0, 0.05) is 68.4 Å². The third-order valence-electron chi connectivity index (χ3n) is 7.19. The van der Waals surface area contributed by atoms with Crippen LogP contribution in [-0.4, -0.2) is 67.7 Å². The smallest absolute Gasteiger partial charge is 0.253 e. The molecule has 0 spiro atoms. The number of carbonyl (C=O) groups excluding carboxylic acids is 1. The van der Waals surface area contributed by atoms with Crippen LogP contribution in [0.3, 0.4) is 0 Å². The summed E-state index contributed by atoms with van der Waals surface area (Å²) in [5, 5.41) is 0.750. The van der Waals surface area contributed by atoms with E-state index in [0.717, 1.165) is 65.5 Å². The number of carbonyl (C=O) groups is 1. The topological polar surface area (TPSA) is 61.8 Å². The lowest BCUT2D eigenvalue weighted by atomic mass is 10.1. The van der Waals surface area contributed by atoms with Crippen LogP contribution in [0.15, 0.2) is 90.1 Å². The fraction of sp³-hybridized carbons (Fsp3) is 0.281. The number of piperazine rings is 1. The highest BCUT2D eigenvalue weighted by atomic mass is 32.2. The minimum absolute atomic E-state index is 0.0392. The monoisotopic (exact) mass is 553 g/mol. The van der Waals surface area contributed by atoms with E-state index in [9.17, 15) is 4.79 Å². The van der Waals surface area contributed by atoms with Gasteiger partial charge in [-0.05, 0) is 48.9 Å². The Balaban J connectivity index is 1.31. The quantitative estimate of drug-likeness (QED) is 0.190. The first-order valence-corrected chi connectivity index (χ1v) is 14.6. The maximum atomic E-state index is 12.4. The molecule has 1 aliphatic rings. The molecule has 0 radical (unpaired) electrons. The van der Waals surface area contributed by atoms with Crippen LogP contribution in [-0.2, 0) is 5.75 Å². The van der Waals surface area contributed by atoms with Gasteiger partial charge in [0.2, 0.25) is 0 Å². The molecule has 2 heterocycles. The van der Waals surface area contributed by atoms with Crippen LogP contribution >= 0.6 is 11.8 Å². The number of hydrogen-bond acceptors (Lipinski definition) is 7. The van der Waals surface area contributed by atoms with Crippen molar-refractivity contribution in [3.63, 3.8) is 0 Å². The van der Waals surface area contributed by atoms with Gasteiger partial charge in [0.1, 0.15) is 11.6 Å². The van der Waals surface area contributed by atoms with Crippen LogP contribution in [0.2, 0.25) is 0 Å². The number of anilines is 2. The molecule has 1 aromatic heterocycles. The Kier molecular flexibility index (Phi) is 8.86. The minimum atomic E-state index is 0.0392. The third kappa shape index (κ3) is 6.57. The van der Waals surface area contributed by atoms with Gasteiger partial charge in [-0.15, -0.1) is 0 Å². The lowest BCUT2D eigenvalue weighted by Crippen LogP contribution is -2.46. The van der Waals surface area contributed by atoms with Crippen molar-refractivity contribution in [2.45, 2.75) is 17.8 Å². The number of thioether (sulfide) groups is 1. The number of ether oxygens (including phenoxy) is 1. The standard InChI is InChI=1S/C32H35N5O2S/c1-4-35(2)31(38)26-12-10-24(11-13-26)23-40-32-33-29(25-8-6-5-7-9-25)22-30(34-32)37-20-18-36(19-21-37)27-14-16-28(39-3)17-15-27/h5-17,22H,4,18-21,23H2,1-3H3. The maximum absolute atomic E-state index is 12.4. The highest BCUT2D eigenvalue weighted by molar-refractivity contribution is 7.98. The summed E-state index contributed by atoms with van der Waals surface area (Å²) in [6, 6.07) is 28.5. The summed E-state index contributed by atoms with van der Waals surface area (Å²) < 4.78 is 5.31. The summed E-state index contributed by atoms with van der Waals surface area (Å²) in [5.74, 6) is 2.59. The van der Waals surface area contributed by atoms with E-state index in [0.29, 0.717) is 12.1 Å². The number of amides is 1. The molecular weight excluding hydrogens is 518 g/mol. The zero-order valence-electron chi connectivity index (χ0n) is 23.3. The SMILES string of the molecule is CCN(C)C(=O)c1ccc(CSc2nc(-c3ccccc3)cc(N3CCN(c4ccc(OC)cc4)CC3)n2)cc1. The largest absolute Gasteiger partial charge is 0.497 e. The van der Waals surface area contributed by atoms with Gasteiger partial charge < -0.3 is 19.4 Å². The lowest BCUT2D eigenvalue weighted by Gasteiger charge is -2.37. The summed E-state index contributed by atoms with van der Waals surface area (Å²) >= 11 is 1.62. The summed E-state index contributed by atoms with van der Waals surface area (Å²) in [6.45, 7) is 6.24. The van der Waals surface area contributed by atoms with Crippen LogP contribution in [0.25, 0.3) is 11.3 Å². The summed E-state index contributed by atoms with van der Waals surface area (Å²) in [5.41, 5.74) is 5.04. The van der Waals surface area contributed by atoms with E-state index in [1.165, 1.54) is 5.69 Å². The lowest BCUT2D eigenvalue weighted by molar-refractivity contribution is 0.0802. The van der Waals surface area contributed by atoms with E-state index in [1.807, 2.05) is 68.6 Å². The van der Waals surface area contributed by atoms with Crippen molar-refractivity contribution in [1.29, 1.82) is 0 Å². The molecule has 1 fully saturated rings. The Labute approximate surface area is 240 Å². The highest BCUT2D eigenvalue weighted by Gasteiger charge is 2.20. The number of nitrogens with zero attached hydrogens (tertiary/aromatic N) is 5. The first-order chi connectivity index (χ1) is 19.5. The fourth-order valence-electron chi connectivity index (χ4n) is 4.64. The van der Waals surface area contributed by atoms with Gasteiger partial charge >= 0.3 is 0 Å². The van der Waals surface area contributed by atoms with Crippen LogP contribution < -0.4 is 14.5 Å². The fourth-order valence-corrected chi connectivity index (χ4v) is 5.45. The summed E-state index contributed by atoms with van der Waals surface area (Å²) in [7, 11) is 3.51. The van der Waals surface area contributed by atoms with Crippen molar-refractivity contribution in [2.24, 2.45) is 0 Å². The Morgan fingerprint density at radius 1 is 0.900 bits per heavy atom. The Bertz CT molecular complexity index is 1410. The molecule has 1 aliphatic heterocycles. The van der Waals surface area contributed by atoms with E-state index in [-0.39, 0.29) is 5.91 Å².